The van der Waals surface area contributed by atoms with Gasteiger partial charge in [-0.25, -0.2) is 4.79 Å². The molecule has 0 heterocycles. The van der Waals surface area contributed by atoms with Crippen LogP contribution < -0.4 is 5.32 Å². The Labute approximate surface area is 117 Å². The Balaban J connectivity index is 1.78. The Morgan fingerprint density at radius 1 is 1.32 bits per heavy atom. The Hall–Kier alpha value is -1.55. The van der Waals surface area contributed by atoms with E-state index in [1.165, 1.54) is 12.6 Å². The summed E-state index contributed by atoms with van der Waals surface area (Å²) in [4.78, 5) is 16.3. The van der Waals surface area contributed by atoms with Crippen molar-refractivity contribution in [3.05, 3.63) is 34.9 Å². The lowest BCUT2D eigenvalue weighted by atomic mass is 9.96. The fourth-order valence-electron chi connectivity index (χ4n) is 2.15. The van der Waals surface area contributed by atoms with Gasteiger partial charge in [-0.2, -0.15) is 0 Å². The third kappa shape index (κ3) is 4.56. The van der Waals surface area contributed by atoms with Crippen LogP contribution in [-0.2, 0) is 4.84 Å². The molecule has 2 rings (SSSR count). The van der Waals surface area contributed by atoms with Crippen LogP contribution in [0, 0.1) is 0 Å². The fourth-order valence-corrected chi connectivity index (χ4v) is 2.34. The number of rotatable bonds is 3. The predicted molar refractivity (Wildman–Crippen MR) is 75.5 cm³/mol. The quantitative estimate of drug-likeness (QED) is 0.521. The van der Waals surface area contributed by atoms with E-state index in [4.69, 9.17) is 16.4 Å². The number of nitrogens with zero attached hydrogens (tertiary/aromatic N) is 1. The smallest absolute Gasteiger partial charge is 0.317 e. The van der Waals surface area contributed by atoms with Crippen LogP contribution in [0.5, 0.6) is 0 Å². The van der Waals surface area contributed by atoms with E-state index in [0.717, 1.165) is 31.2 Å². The average molecular weight is 281 g/mol. The Morgan fingerprint density at radius 3 is 2.79 bits per heavy atom. The van der Waals surface area contributed by atoms with Crippen LogP contribution in [0.4, 0.5) is 4.79 Å². The van der Waals surface area contributed by atoms with Gasteiger partial charge >= 0.3 is 6.09 Å². The van der Waals surface area contributed by atoms with E-state index in [9.17, 15) is 4.79 Å². The van der Waals surface area contributed by atoms with E-state index >= 15 is 0 Å². The van der Waals surface area contributed by atoms with Crippen LogP contribution in [0.3, 0.4) is 0 Å². The minimum absolute atomic E-state index is 0.219. The Morgan fingerprint density at radius 2 is 2.05 bits per heavy atom. The molecular formula is C14H17ClN2O2. The Bertz CT molecular complexity index is 457. The highest BCUT2D eigenvalue weighted by atomic mass is 35.5. The molecule has 1 N–H and O–H groups in total. The number of nitrogens with one attached hydrogen (secondary N) is 1. The SMILES string of the molecule is O=C(NC1CCCCC1)ON=Cc1ccccc1Cl. The first-order valence-corrected chi connectivity index (χ1v) is 6.89. The summed E-state index contributed by atoms with van der Waals surface area (Å²) in [6, 6.07) is 7.45. The molecule has 5 heteroatoms. The average Bonchev–Trinajstić information content (AvgIpc) is 2.42. The monoisotopic (exact) mass is 280 g/mol. The maximum atomic E-state index is 11.5. The maximum Gasteiger partial charge on any atom is 0.433 e. The normalized spacial score (nSPS) is 16.5. The molecule has 0 atom stereocenters. The number of amides is 1. The van der Waals surface area contributed by atoms with Crippen molar-refractivity contribution in [3.8, 4) is 0 Å². The van der Waals surface area contributed by atoms with Crippen molar-refractivity contribution in [1.82, 2.24) is 5.32 Å². The minimum atomic E-state index is -0.504. The molecular weight excluding hydrogens is 264 g/mol. The molecule has 1 aliphatic rings. The Kier molecular flexibility index (Phi) is 5.21. The third-order valence-electron chi connectivity index (χ3n) is 3.16. The van der Waals surface area contributed by atoms with Gasteiger partial charge in [-0.1, -0.05) is 54.2 Å². The second-order valence-electron chi connectivity index (χ2n) is 4.61. The summed E-state index contributed by atoms with van der Waals surface area (Å²) in [5, 5.41) is 7.03. The molecule has 1 aromatic carbocycles. The lowest BCUT2D eigenvalue weighted by Gasteiger charge is -2.21. The van der Waals surface area contributed by atoms with E-state index < -0.39 is 6.09 Å². The van der Waals surface area contributed by atoms with E-state index in [-0.39, 0.29) is 6.04 Å². The summed E-state index contributed by atoms with van der Waals surface area (Å²) < 4.78 is 0. The van der Waals surface area contributed by atoms with Gasteiger partial charge in [0.2, 0.25) is 0 Å². The predicted octanol–water partition coefficient (Wildman–Crippen LogP) is 3.73. The first-order chi connectivity index (χ1) is 9.25. The van der Waals surface area contributed by atoms with Crippen LogP contribution in [-0.4, -0.2) is 18.3 Å². The molecule has 102 valence electrons. The second-order valence-corrected chi connectivity index (χ2v) is 5.02. The number of oxime groups is 1. The van der Waals surface area contributed by atoms with Crippen molar-refractivity contribution >= 4 is 23.9 Å². The summed E-state index contributed by atoms with van der Waals surface area (Å²) in [6.07, 6.45) is 6.53. The first kappa shape index (κ1) is 13.9. The van der Waals surface area contributed by atoms with Crippen molar-refractivity contribution in [2.24, 2.45) is 5.16 Å². The molecule has 0 aliphatic heterocycles. The van der Waals surface area contributed by atoms with Crippen molar-refractivity contribution in [1.29, 1.82) is 0 Å². The third-order valence-corrected chi connectivity index (χ3v) is 3.50. The topological polar surface area (TPSA) is 50.7 Å². The van der Waals surface area contributed by atoms with Crippen LogP contribution in [0.15, 0.2) is 29.4 Å². The lowest BCUT2D eigenvalue weighted by Crippen LogP contribution is -2.35. The van der Waals surface area contributed by atoms with Crippen molar-refractivity contribution < 1.29 is 9.63 Å². The van der Waals surface area contributed by atoms with Gasteiger partial charge in [0.25, 0.3) is 0 Å². The highest BCUT2D eigenvalue weighted by molar-refractivity contribution is 6.33. The molecule has 1 aliphatic carbocycles. The number of hydrogen-bond donors (Lipinski definition) is 1. The largest absolute Gasteiger partial charge is 0.433 e. The summed E-state index contributed by atoms with van der Waals surface area (Å²) in [5.74, 6) is 0. The molecule has 19 heavy (non-hydrogen) atoms. The molecule has 4 nitrogen and oxygen atoms in total. The molecule has 0 unspecified atom stereocenters. The van der Waals surface area contributed by atoms with Gasteiger partial charge in [-0.3, -0.25) is 4.84 Å². The number of halogens is 1. The zero-order chi connectivity index (χ0) is 13.5. The maximum absolute atomic E-state index is 11.5. The van der Waals surface area contributed by atoms with E-state index in [2.05, 4.69) is 10.5 Å². The van der Waals surface area contributed by atoms with Crippen LogP contribution in [0.25, 0.3) is 0 Å². The number of carbonyl (C=O) groups excluding carboxylic acids is 1. The summed E-state index contributed by atoms with van der Waals surface area (Å²) in [6.45, 7) is 0. The summed E-state index contributed by atoms with van der Waals surface area (Å²) in [7, 11) is 0. The highest BCUT2D eigenvalue weighted by Gasteiger charge is 2.16. The van der Waals surface area contributed by atoms with Crippen LogP contribution in [0.2, 0.25) is 5.02 Å². The summed E-state index contributed by atoms with van der Waals surface area (Å²) >= 11 is 5.95. The molecule has 0 saturated heterocycles. The van der Waals surface area contributed by atoms with Gasteiger partial charge in [0.05, 0.1) is 6.21 Å². The van der Waals surface area contributed by atoms with Gasteiger partial charge < -0.3 is 5.32 Å². The molecule has 1 saturated carbocycles. The summed E-state index contributed by atoms with van der Waals surface area (Å²) in [5.41, 5.74) is 0.717. The van der Waals surface area contributed by atoms with E-state index in [1.54, 1.807) is 12.1 Å². The van der Waals surface area contributed by atoms with Crippen LogP contribution >= 0.6 is 11.6 Å². The van der Waals surface area contributed by atoms with E-state index in [0.29, 0.717) is 5.02 Å². The fraction of sp³-hybridized carbons (Fsp3) is 0.429. The van der Waals surface area contributed by atoms with Gasteiger partial charge in [-0.05, 0) is 18.9 Å². The molecule has 1 amide bonds. The van der Waals surface area contributed by atoms with Crippen molar-refractivity contribution in [2.45, 2.75) is 38.1 Å². The molecule has 0 bridgehead atoms. The zero-order valence-corrected chi connectivity index (χ0v) is 11.4. The minimum Gasteiger partial charge on any atom is -0.317 e. The van der Waals surface area contributed by atoms with Crippen LogP contribution in [0.1, 0.15) is 37.7 Å². The van der Waals surface area contributed by atoms with Gasteiger partial charge in [0, 0.05) is 16.6 Å². The van der Waals surface area contributed by atoms with Crippen molar-refractivity contribution in [2.75, 3.05) is 0 Å². The van der Waals surface area contributed by atoms with E-state index in [1.807, 2.05) is 12.1 Å². The van der Waals surface area contributed by atoms with Gasteiger partial charge in [0.15, 0.2) is 0 Å². The number of hydrogen-bond acceptors (Lipinski definition) is 3. The molecule has 0 spiro atoms. The van der Waals surface area contributed by atoms with Gasteiger partial charge in [-0.15, -0.1) is 0 Å². The standard InChI is InChI=1S/C14H17ClN2O2/c15-13-9-5-4-6-11(13)10-16-19-14(18)17-12-7-2-1-3-8-12/h4-6,9-10,12H,1-3,7-8H2,(H,17,18). The second kappa shape index (κ2) is 7.14. The highest BCUT2D eigenvalue weighted by Crippen LogP contribution is 2.17. The molecule has 0 aromatic heterocycles. The molecule has 0 radical (unpaired) electrons. The zero-order valence-electron chi connectivity index (χ0n) is 10.6. The number of benzene rings is 1. The van der Waals surface area contributed by atoms with Gasteiger partial charge in [0.1, 0.15) is 0 Å². The first-order valence-electron chi connectivity index (χ1n) is 6.51. The number of carbonyl (C=O) groups is 1. The molecule has 1 fully saturated rings. The lowest BCUT2D eigenvalue weighted by molar-refractivity contribution is 0.144. The van der Waals surface area contributed by atoms with Crippen molar-refractivity contribution in [3.63, 3.8) is 0 Å². The molecule has 1 aromatic rings.